The summed E-state index contributed by atoms with van der Waals surface area (Å²) >= 11 is 0. The molecular weight excluding hydrogens is 168 g/mol. The van der Waals surface area contributed by atoms with E-state index in [1.54, 1.807) is 0 Å². The highest BCUT2D eigenvalue weighted by molar-refractivity contribution is 5.86. The minimum absolute atomic E-state index is 0.107. The van der Waals surface area contributed by atoms with Gasteiger partial charge in [-0.25, -0.2) is 0 Å². The second-order valence-corrected chi connectivity index (χ2v) is 3.32. The van der Waals surface area contributed by atoms with Crippen molar-refractivity contribution < 1.29 is 9.59 Å². The van der Waals surface area contributed by atoms with Crippen LogP contribution in [0.1, 0.15) is 27.7 Å². The van der Waals surface area contributed by atoms with Crippen molar-refractivity contribution in [3.8, 4) is 0 Å². The Morgan fingerprint density at radius 1 is 1.31 bits per heavy atom. The highest BCUT2D eigenvalue weighted by atomic mass is 16.2. The Labute approximate surface area is 79.1 Å². The molecule has 0 aromatic heterocycles. The van der Waals surface area contributed by atoms with Crippen LogP contribution >= 0.6 is 0 Å². The average molecular weight is 186 g/mol. The normalized spacial score (nSPS) is 12.4. The fourth-order valence-electron chi connectivity index (χ4n) is 1.04. The van der Waals surface area contributed by atoms with Crippen LogP contribution < -0.4 is 10.6 Å². The van der Waals surface area contributed by atoms with Crippen molar-refractivity contribution in [2.45, 2.75) is 33.7 Å². The van der Waals surface area contributed by atoms with Crippen molar-refractivity contribution in [2.75, 3.05) is 6.54 Å². The topological polar surface area (TPSA) is 58.2 Å². The van der Waals surface area contributed by atoms with Crippen LogP contribution in [-0.4, -0.2) is 24.4 Å². The van der Waals surface area contributed by atoms with Crippen LogP contribution in [-0.2, 0) is 9.59 Å². The molecule has 1 unspecified atom stereocenters. The van der Waals surface area contributed by atoms with Gasteiger partial charge in [-0.15, -0.1) is 0 Å². The van der Waals surface area contributed by atoms with Gasteiger partial charge in [-0.05, 0) is 12.8 Å². The first-order chi connectivity index (χ1) is 5.99. The van der Waals surface area contributed by atoms with Crippen LogP contribution in [0.5, 0.6) is 0 Å². The van der Waals surface area contributed by atoms with Gasteiger partial charge in [0, 0.05) is 13.5 Å². The minimum Gasteiger partial charge on any atom is -0.355 e. The molecular formula is C9H18N2O2. The maximum Gasteiger partial charge on any atom is 0.242 e. The number of carbonyl (C=O) groups excluding carboxylic acids is 2. The summed E-state index contributed by atoms with van der Waals surface area (Å²) in [6, 6.07) is -0.419. The van der Waals surface area contributed by atoms with E-state index in [9.17, 15) is 9.59 Å². The van der Waals surface area contributed by atoms with Crippen LogP contribution in [0.15, 0.2) is 0 Å². The Bertz CT molecular complexity index is 190. The third-order valence-corrected chi connectivity index (χ3v) is 1.66. The van der Waals surface area contributed by atoms with Crippen LogP contribution in [0.2, 0.25) is 0 Å². The van der Waals surface area contributed by atoms with Gasteiger partial charge in [-0.3, -0.25) is 9.59 Å². The summed E-state index contributed by atoms with van der Waals surface area (Å²) < 4.78 is 0. The summed E-state index contributed by atoms with van der Waals surface area (Å²) in [5, 5.41) is 5.29. The molecule has 4 nitrogen and oxygen atoms in total. The van der Waals surface area contributed by atoms with E-state index in [1.165, 1.54) is 6.92 Å². The number of likely N-dealkylation sites (N-methyl/N-ethyl adjacent to an activating group) is 1. The number of hydrogen-bond acceptors (Lipinski definition) is 2. The number of amides is 2. The highest BCUT2D eigenvalue weighted by Crippen LogP contribution is 2.01. The molecule has 2 amide bonds. The molecule has 0 aliphatic rings. The van der Waals surface area contributed by atoms with E-state index in [0.717, 1.165) is 0 Å². The van der Waals surface area contributed by atoms with E-state index < -0.39 is 6.04 Å². The third kappa shape index (κ3) is 4.50. The van der Waals surface area contributed by atoms with E-state index in [2.05, 4.69) is 10.6 Å². The molecule has 0 heterocycles. The second-order valence-electron chi connectivity index (χ2n) is 3.32. The van der Waals surface area contributed by atoms with E-state index in [-0.39, 0.29) is 17.7 Å². The van der Waals surface area contributed by atoms with Crippen molar-refractivity contribution in [3.63, 3.8) is 0 Å². The van der Waals surface area contributed by atoms with Gasteiger partial charge in [0.25, 0.3) is 0 Å². The fraction of sp³-hybridized carbons (Fsp3) is 0.778. The van der Waals surface area contributed by atoms with Gasteiger partial charge in [0.15, 0.2) is 0 Å². The third-order valence-electron chi connectivity index (χ3n) is 1.66. The Balaban J connectivity index is 4.24. The van der Waals surface area contributed by atoms with Gasteiger partial charge in [-0.1, -0.05) is 13.8 Å². The maximum absolute atomic E-state index is 11.4. The highest BCUT2D eigenvalue weighted by Gasteiger charge is 2.21. The summed E-state index contributed by atoms with van der Waals surface area (Å²) in [5.41, 5.74) is 0. The predicted molar refractivity (Wildman–Crippen MR) is 51.1 cm³/mol. The molecule has 0 saturated carbocycles. The SMILES string of the molecule is CCNC(=O)C(NC(C)=O)C(C)C. The fourth-order valence-corrected chi connectivity index (χ4v) is 1.04. The molecule has 76 valence electrons. The summed E-state index contributed by atoms with van der Waals surface area (Å²) in [6.45, 7) is 7.64. The monoisotopic (exact) mass is 186 g/mol. The molecule has 4 heteroatoms. The van der Waals surface area contributed by atoms with Crippen LogP contribution in [0.25, 0.3) is 0 Å². The van der Waals surface area contributed by atoms with Gasteiger partial charge >= 0.3 is 0 Å². The lowest BCUT2D eigenvalue weighted by atomic mass is 10.0. The molecule has 13 heavy (non-hydrogen) atoms. The number of carbonyl (C=O) groups is 2. The smallest absolute Gasteiger partial charge is 0.242 e. The standard InChI is InChI=1S/C9H18N2O2/c1-5-10-9(13)8(6(2)3)11-7(4)12/h6,8H,5H2,1-4H3,(H,10,13)(H,11,12). The predicted octanol–water partition coefficient (Wildman–Crippen LogP) is 0.283. The van der Waals surface area contributed by atoms with E-state index in [1.807, 2.05) is 20.8 Å². The van der Waals surface area contributed by atoms with Crippen molar-refractivity contribution in [2.24, 2.45) is 5.92 Å². The second kappa shape index (κ2) is 5.56. The quantitative estimate of drug-likeness (QED) is 0.662. The van der Waals surface area contributed by atoms with Crippen LogP contribution in [0.4, 0.5) is 0 Å². The summed E-state index contributed by atoms with van der Waals surface area (Å²) in [7, 11) is 0. The molecule has 0 spiro atoms. The summed E-state index contributed by atoms with van der Waals surface area (Å²) in [4.78, 5) is 22.2. The lowest BCUT2D eigenvalue weighted by Crippen LogP contribution is -2.49. The zero-order valence-corrected chi connectivity index (χ0v) is 8.68. The lowest BCUT2D eigenvalue weighted by molar-refractivity contribution is -0.129. The van der Waals surface area contributed by atoms with Gasteiger partial charge in [0.05, 0.1) is 0 Å². The largest absolute Gasteiger partial charge is 0.355 e. The minimum atomic E-state index is -0.419. The summed E-state index contributed by atoms with van der Waals surface area (Å²) in [6.07, 6.45) is 0. The van der Waals surface area contributed by atoms with Gasteiger partial charge in [-0.2, -0.15) is 0 Å². The van der Waals surface area contributed by atoms with Crippen LogP contribution in [0.3, 0.4) is 0 Å². The molecule has 0 aromatic rings. The molecule has 0 saturated heterocycles. The zero-order valence-electron chi connectivity index (χ0n) is 8.68. The number of rotatable bonds is 4. The van der Waals surface area contributed by atoms with E-state index >= 15 is 0 Å². The molecule has 0 aliphatic carbocycles. The molecule has 0 aliphatic heterocycles. The van der Waals surface area contributed by atoms with Crippen LogP contribution in [0, 0.1) is 5.92 Å². The van der Waals surface area contributed by atoms with Gasteiger partial charge in [0.1, 0.15) is 6.04 Å². The lowest BCUT2D eigenvalue weighted by Gasteiger charge is -2.20. The molecule has 1 atom stereocenters. The van der Waals surface area contributed by atoms with Gasteiger partial charge < -0.3 is 10.6 Å². The number of nitrogens with one attached hydrogen (secondary N) is 2. The van der Waals surface area contributed by atoms with Crippen molar-refractivity contribution >= 4 is 11.8 Å². The Hall–Kier alpha value is -1.06. The van der Waals surface area contributed by atoms with Crippen molar-refractivity contribution in [3.05, 3.63) is 0 Å². The summed E-state index contributed by atoms with van der Waals surface area (Å²) in [5.74, 6) is -0.187. The zero-order chi connectivity index (χ0) is 10.4. The molecule has 0 fully saturated rings. The average Bonchev–Trinajstić information content (AvgIpc) is 1.99. The van der Waals surface area contributed by atoms with E-state index in [4.69, 9.17) is 0 Å². The first-order valence-electron chi connectivity index (χ1n) is 4.53. The molecule has 0 aromatic carbocycles. The number of hydrogen-bond donors (Lipinski definition) is 2. The first kappa shape index (κ1) is 11.9. The first-order valence-corrected chi connectivity index (χ1v) is 4.53. The molecule has 0 radical (unpaired) electrons. The molecule has 0 bridgehead atoms. The van der Waals surface area contributed by atoms with Crippen molar-refractivity contribution in [1.82, 2.24) is 10.6 Å². The molecule has 2 N–H and O–H groups in total. The van der Waals surface area contributed by atoms with Gasteiger partial charge in [0.2, 0.25) is 11.8 Å². The molecule has 0 rings (SSSR count). The Morgan fingerprint density at radius 2 is 1.85 bits per heavy atom. The van der Waals surface area contributed by atoms with E-state index in [0.29, 0.717) is 6.54 Å². The Kier molecular flexibility index (Phi) is 5.11. The van der Waals surface area contributed by atoms with Crippen molar-refractivity contribution in [1.29, 1.82) is 0 Å². The Morgan fingerprint density at radius 3 is 2.15 bits per heavy atom. The maximum atomic E-state index is 11.4.